The van der Waals surface area contributed by atoms with Crippen molar-refractivity contribution < 1.29 is 34.7 Å². The van der Waals surface area contributed by atoms with Crippen LogP contribution in [0.25, 0.3) is 0 Å². The van der Waals surface area contributed by atoms with Crippen molar-refractivity contribution in [3.63, 3.8) is 0 Å². The van der Waals surface area contributed by atoms with Gasteiger partial charge in [-0.15, -0.1) is 0 Å². The second kappa shape index (κ2) is 22.3. The summed E-state index contributed by atoms with van der Waals surface area (Å²) < 4.78 is 0. The summed E-state index contributed by atoms with van der Waals surface area (Å²) >= 11 is 0. The molecule has 0 rings (SSSR count). The van der Waals surface area contributed by atoms with Crippen molar-refractivity contribution in [1.29, 1.82) is 0 Å². The molecule has 0 radical (unpaired) electrons. The summed E-state index contributed by atoms with van der Waals surface area (Å²) in [6.07, 6.45) is 15.1. The van der Waals surface area contributed by atoms with Gasteiger partial charge < -0.3 is 4.89 Å². The minimum Gasteiger partial charge on any atom is -0.314 e. The predicted molar refractivity (Wildman–Crippen MR) is 98.1 cm³/mol. The zero-order valence-electron chi connectivity index (χ0n) is 16.7. The Morgan fingerprint density at radius 3 is 1.69 bits per heavy atom. The van der Waals surface area contributed by atoms with Gasteiger partial charge in [0.15, 0.2) is 0 Å². The van der Waals surface area contributed by atoms with Crippen LogP contribution in [0.15, 0.2) is 12.3 Å². The van der Waals surface area contributed by atoms with Gasteiger partial charge in [-0.3, -0.25) is 0 Å². The van der Waals surface area contributed by atoms with Crippen LogP contribution in [0.2, 0.25) is 0 Å². The smallest absolute Gasteiger partial charge is 0.138 e. The van der Waals surface area contributed by atoms with E-state index in [0.29, 0.717) is 25.4 Å². The third-order valence-corrected chi connectivity index (χ3v) is 3.86. The minimum atomic E-state index is 0.389. The Kier molecular flexibility index (Phi) is 21.7. The molecule has 156 valence electrons. The molecule has 0 heterocycles. The first-order valence-electron chi connectivity index (χ1n) is 9.94. The molecule has 0 saturated carbocycles. The third kappa shape index (κ3) is 21.3. The summed E-state index contributed by atoms with van der Waals surface area (Å²) in [7, 11) is 1.36. The van der Waals surface area contributed by atoms with E-state index in [-0.39, 0.29) is 0 Å². The van der Waals surface area contributed by atoms with Crippen LogP contribution < -0.4 is 0 Å². The lowest BCUT2D eigenvalue weighted by molar-refractivity contribution is -0.634. The van der Waals surface area contributed by atoms with Crippen molar-refractivity contribution in [2.45, 2.75) is 90.4 Å². The standard InChI is InChI=1S/C19H38O7/c1-4-5-6-7-8-9-10-11-12-14-17-21-25-26-22-18-15-13-16-19(2)23-24-20-3/h2,4-18H2,1,3H3. The summed E-state index contributed by atoms with van der Waals surface area (Å²) in [6, 6.07) is 0. The van der Waals surface area contributed by atoms with E-state index < -0.39 is 0 Å². The van der Waals surface area contributed by atoms with Crippen LogP contribution in [0.1, 0.15) is 90.4 Å². The molecule has 0 saturated heterocycles. The summed E-state index contributed by atoms with van der Waals surface area (Å²) in [4.78, 5) is 18.7. The fourth-order valence-electron chi connectivity index (χ4n) is 2.36. The van der Waals surface area contributed by atoms with Crippen molar-refractivity contribution in [1.82, 2.24) is 0 Å². The van der Waals surface area contributed by atoms with Crippen LogP contribution in [0, 0.1) is 0 Å². The molecule has 0 unspecified atom stereocenters. The Balaban J connectivity index is 3.04. The average molecular weight is 379 g/mol. The normalized spacial score (nSPS) is 11.0. The van der Waals surface area contributed by atoms with E-state index in [4.69, 9.17) is 14.7 Å². The quantitative estimate of drug-likeness (QED) is 0.100. The van der Waals surface area contributed by atoms with Gasteiger partial charge in [-0.2, -0.15) is 4.89 Å². The second-order valence-electron chi connectivity index (χ2n) is 6.28. The van der Waals surface area contributed by atoms with Crippen molar-refractivity contribution in [3.8, 4) is 0 Å². The van der Waals surface area contributed by atoms with Gasteiger partial charge in [-0.05, 0) is 34.4 Å². The Morgan fingerprint density at radius 1 is 0.654 bits per heavy atom. The molecule has 0 aromatic rings. The van der Waals surface area contributed by atoms with Crippen LogP contribution in [-0.4, -0.2) is 20.3 Å². The van der Waals surface area contributed by atoms with Gasteiger partial charge in [0.2, 0.25) is 0 Å². The maximum absolute atomic E-state index is 4.88. The molecule has 0 N–H and O–H groups in total. The predicted octanol–water partition coefficient (Wildman–Crippen LogP) is 5.91. The molecule has 0 bridgehead atoms. The summed E-state index contributed by atoms with van der Waals surface area (Å²) in [5, 5.41) is 13.3. The highest BCUT2D eigenvalue weighted by Crippen LogP contribution is 2.10. The van der Waals surface area contributed by atoms with Gasteiger partial charge in [0.1, 0.15) is 5.76 Å². The number of hydrogen-bond donors (Lipinski definition) is 0. The molecule has 0 fully saturated rings. The van der Waals surface area contributed by atoms with E-state index in [1.54, 1.807) is 0 Å². The Labute approximate surface area is 158 Å². The number of allylic oxidation sites excluding steroid dienone is 1. The highest BCUT2D eigenvalue weighted by Gasteiger charge is 1.99. The maximum atomic E-state index is 4.88. The average Bonchev–Trinajstić information content (AvgIpc) is 2.65. The van der Waals surface area contributed by atoms with Gasteiger partial charge in [0, 0.05) is 6.42 Å². The second-order valence-corrected chi connectivity index (χ2v) is 6.28. The molecule has 0 aliphatic heterocycles. The highest BCUT2D eigenvalue weighted by molar-refractivity contribution is 4.79. The number of hydrogen-bond acceptors (Lipinski definition) is 7. The Bertz CT molecular complexity index is 287. The summed E-state index contributed by atoms with van der Waals surface area (Å²) in [6.45, 7) is 6.81. The van der Waals surface area contributed by atoms with E-state index >= 15 is 0 Å². The topological polar surface area (TPSA) is 64.6 Å². The van der Waals surface area contributed by atoms with E-state index in [0.717, 1.165) is 25.7 Å². The summed E-state index contributed by atoms with van der Waals surface area (Å²) in [5.74, 6) is 0.490. The van der Waals surface area contributed by atoms with Gasteiger partial charge in [-0.1, -0.05) is 71.3 Å². The molecule has 0 aromatic heterocycles. The van der Waals surface area contributed by atoms with Crippen molar-refractivity contribution in [3.05, 3.63) is 12.3 Å². The summed E-state index contributed by atoms with van der Waals surface area (Å²) in [5.41, 5.74) is 0. The first-order valence-corrected chi connectivity index (χ1v) is 9.94. The van der Waals surface area contributed by atoms with Gasteiger partial charge in [0.25, 0.3) is 0 Å². The van der Waals surface area contributed by atoms with Crippen molar-refractivity contribution >= 4 is 0 Å². The lowest BCUT2D eigenvalue weighted by Gasteiger charge is -2.05. The van der Waals surface area contributed by atoms with Crippen LogP contribution >= 0.6 is 0 Å². The molecule has 0 amide bonds. The number of rotatable bonds is 22. The SMILES string of the molecule is C=C(CCCCOOOOCCCCCCCCCCCC)OOOC. The number of unbranched alkanes of at least 4 members (excludes halogenated alkanes) is 10. The third-order valence-electron chi connectivity index (χ3n) is 3.86. The lowest BCUT2D eigenvalue weighted by Crippen LogP contribution is -2.01. The van der Waals surface area contributed by atoms with Crippen molar-refractivity contribution in [2.24, 2.45) is 0 Å². The molecule has 0 atom stereocenters. The van der Waals surface area contributed by atoms with Crippen molar-refractivity contribution in [2.75, 3.05) is 20.3 Å². The fraction of sp³-hybridized carbons (Fsp3) is 0.895. The van der Waals surface area contributed by atoms with E-state index in [2.05, 4.69) is 33.5 Å². The first kappa shape index (κ1) is 25.3. The molecule has 26 heavy (non-hydrogen) atoms. The lowest BCUT2D eigenvalue weighted by atomic mass is 10.1. The van der Waals surface area contributed by atoms with Crippen LogP contribution in [0.4, 0.5) is 0 Å². The van der Waals surface area contributed by atoms with E-state index in [1.807, 2.05) is 0 Å². The monoisotopic (exact) mass is 378 g/mol. The van der Waals surface area contributed by atoms with Gasteiger partial charge >= 0.3 is 0 Å². The van der Waals surface area contributed by atoms with E-state index in [9.17, 15) is 0 Å². The fourth-order valence-corrected chi connectivity index (χ4v) is 2.36. The van der Waals surface area contributed by atoms with Crippen LogP contribution in [-0.2, 0) is 34.7 Å². The molecule has 0 spiro atoms. The zero-order chi connectivity index (χ0) is 19.1. The van der Waals surface area contributed by atoms with E-state index in [1.165, 1.54) is 58.5 Å². The van der Waals surface area contributed by atoms with Gasteiger partial charge in [0.05, 0.1) is 20.3 Å². The maximum Gasteiger partial charge on any atom is 0.138 e. The molecule has 0 aliphatic carbocycles. The Morgan fingerprint density at radius 2 is 1.15 bits per heavy atom. The molecular weight excluding hydrogens is 340 g/mol. The molecule has 7 heteroatoms. The van der Waals surface area contributed by atoms with Crippen LogP contribution in [0.5, 0.6) is 0 Å². The molecule has 0 aliphatic rings. The zero-order valence-corrected chi connectivity index (χ0v) is 16.7. The molecule has 0 aromatic carbocycles. The minimum absolute atomic E-state index is 0.389. The van der Waals surface area contributed by atoms with Gasteiger partial charge in [-0.25, -0.2) is 9.78 Å². The molecule has 7 nitrogen and oxygen atoms in total. The largest absolute Gasteiger partial charge is 0.314 e. The Hall–Kier alpha value is -0.700. The highest BCUT2D eigenvalue weighted by atomic mass is 17.7. The molecular formula is C19H38O7. The first-order chi connectivity index (χ1) is 12.8. The van der Waals surface area contributed by atoms with Crippen LogP contribution in [0.3, 0.4) is 0 Å².